The van der Waals surface area contributed by atoms with Crippen molar-refractivity contribution in [3.05, 3.63) is 53.3 Å². The van der Waals surface area contributed by atoms with Crippen molar-refractivity contribution >= 4 is 15.9 Å². The average molecular weight is 307 g/mol. The maximum Gasteiger partial charge on any atom is 0.0521 e. The molecule has 96 valence electrons. The van der Waals surface area contributed by atoms with Crippen LogP contribution in [-0.4, -0.2) is 15.1 Å². The van der Waals surface area contributed by atoms with Crippen molar-refractivity contribution in [2.24, 2.45) is 7.05 Å². The number of benzene rings is 1. The quantitative estimate of drug-likeness (QED) is 0.767. The van der Waals surface area contributed by atoms with Gasteiger partial charge in [-0.1, -0.05) is 45.8 Å². The summed E-state index contributed by atoms with van der Waals surface area (Å²) >= 11 is 3.63. The lowest BCUT2D eigenvalue weighted by molar-refractivity contribution is 0.690. The topological polar surface area (TPSA) is 17.8 Å². The van der Waals surface area contributed by atoms with Crippen molar-refractivity contribution in [3.8, 4) is 0 Å². The number of nitrogens with zero attached hydrogens (tertiary/aromatic N) is 2. The van der Waals surface area contributed by atoms with Gasteiger partial charge in [0.05, 0.1) is 6.20 Å². The predicted octanol–water partition coefficient (Wildman–Crippen LogP) is 3.84. The predicted molar refractivity (Wildman–Crippen MR) is 79.2 cm³/mol. The van der Waals surface area contributed by atoms with Crippen molar-refractivity contribution in [2.45, 2.75) is 25.7 Å². The molecule has 0 N–H and O–H groups in total. The average Bonchev–Trinajstić information content (AvgIpc) is 2.78. The van der Waals surface area contributed by atoms with Crippen LogP contribution in [0.3, 0.4) is 0 Å². The van der Waals surface area contributed by atoms with Crippen LogP contribution in [0.25, 0.3) is 0 Å². The molecule has 0 fully saturated rings. The van der Waals surface area contributed by atoms with Crippen LogP contribution in [0.15, 0.2) is 36.7 Å². The SMILES string of the molecule is Cc1ccc(C(CBr)CCc2cnn(C)c2)cc1. The normalized spacial score (nSPS) is 12.6. The molecule has 0 amide bonds. The fourth-order valence-corrected chi connectivity index (χ4v) is 2.81. The van der Waals surface area contributed by atoms with E-state index in [1.807, 2.05) is 17.9 Å². The Hall–Kier alpha value is -1.09. The molecule has 1 unspecified atom stereocenters. The molecule has 0 aliphatic heterocycles. The maximum atomic E-state index is 4.21. The minimum Gasteiger partial charge on any atom is -0.276 e. The maximum absolute atomic E-state index is 4.21. The molecule has 3 heteroatoms. The fourth-order valence-electron chi connectivity index (χ4n) is 2.11. The lowest BCUT2D eigenvalue weighted by atomic mass is 9.94. The van der Waals surface area contributed by atoms with Crippen LogP contribution in [0.2, 0.25) is 0 Å². The van der Waals surface area contributed by atoms with Gasteiger partial charge in [-0.25, -0.2) is 0 Å². The fraction of sp³-hybridized carbons (Fsp3) is 0.400. The van der Waals surface area contributed by atoms with E-state index in [0.717, 1.165) is 18.2 Å². The molecule has 0 bridgehead atoms. The van der Waals surface area contributed by atoms with Crippen molar-refractivity contribution in [3.63, 3.8) is 0 Å². The molecular formula is C15H19BrN2. The molecule has 0 saturated heterocycles. The number of halogens is 1. The number of hydrogen-bond acceptors (Lipinski definition) is 1. The van der Waals surface area contributed by atoms with Crippen LogP contribution < -0.4 is 0 Å². The molecule has 0 spiro atoms. The van der Waals surface area contributed by atoms with Gasteiger partial charge >= 0.3 is 0 Å². The molecule has 1 heterocycles. The Kier molecular flexibility index (Phi) is 4.59. The lowest BCUT2D eigenvalue weighted by Crippen LogP contribution is -2.02. The van der Waals surface area contributed by atoms with Gasteiger partial charge in [-0.05, 0) is 36.8 Å². The summed E-state index contributed by atoms with van der Waals surface area (Å²) in [6.45, 7) is 2.13. The Bertz CT molecular complexity index is 487. The van der Waals surface area contributed by atoms with Crippen LogP contribution in [0, 0.1) is 6.92 Å². The van der Waals surface area contributed by atoms with Crippen LogP contribution >= 0.6 is 15.9 Å². The number of aromatic nitrogens is 2. The molecule has 1 aromatic heterocycles. The highest BCUT2D eigenvalue weighted by molar-refractivity contribution is 9.09. The molecule has 0 aliphatic carbocycles. The summed E-state index contributed by atoms with van der Waals surface area (Å²) in [5.41, 5.74) is 4.05. The van der Waals surface area contributed by atoms with Gasteiger partial charge in [0.1, 0.15) is 0 Å². The van der Waals surface area contributed by atoms with Crippen molar-refractivity contribution in [1.29, 1.82) is 0 Å². The Morgan fingerprint density at radius 3 is 2.56 bits per heavy atom. The van der Waals surface area contributed by atoms with Crippen molar-refractivity contribution in [2.75, 3.05) is 5.33 Å². The molecule has 18 heavy (non-hydrogen) atoms. The molecule has 0 radical (unpaired) electrons. The van der Waals surface area contributed by atoms with E-state index in [1.165, 1.54) is 16.7 Å². The van der Waals surface area contributed by atoms with E-state index in [1.54, 1.807) is 0 Å². The Morgan fingerprint density at radius 1 is 1.28 bits per heavy atom. The molecule has 2 aromatic rings. The van der Waals surface area contributed by atoms with Crippen LogP contribution in [0.1, 0.15) is 29.0 Å². The highest BCUT2D eigenvalue weighted by atomic mass is 79.9. The van der Waals surface area contributed by atoms with E-state index in [2.05, 4.69) is 58.4 Å². The zero-order valence-corrected chi connectivity index (χ0v) is 12.5. The zero-order valence-electron chi connectivity index (χ0n) is 10.9. The first-order valence-electron chi connectivity index (χ1n) is 6.29. The first-order valence-corrected chi connectivity index (χ1v) is 7.41. The smallest absolute Gasteiger partial charge is 0.0521 e. The van der Waals surface area contributed by atoms with Gasteiger partial charge < -0.3 is 0 Å². The number of alkyl halides is 1. The molecular weight excluding hydrogens is 288 g/mol. The van der Waals surface area contributed by atoms with Gasteiger partial charge in [-0.15, -0.1) is 0 Å². The third-order valence-electron chi connectivity index (χ3n) is 3.27. The summed E-state index contributed by atoms with van der Waals surface area (Å²) in [5, 5.41) is 5.22. The van der Waals surface area contributed by atoms with Gasteiger partial charge in [0, 0.05) is 18.6 Å². The van der Waals surface area contributed by atoms with Crippen LogP contribution in [0.5, 0.6) is 0 Å². The second kappa shape index (κ2) is 6.19. The van der Waals surface area contributed by atoms with E-state index in [9.17, 15) is 0 Å². The Morgan fingerprint density at radius 2 is 2.00 bits per heavy atom. The first kappa shape index (κ1) is 13.3. The highest BCUT2D eigenvalue weighted by Gasteiger charge is 2.10. The number of hydrogen-bond donors (Lipinski definition) is 0. The summed E-state index contributed by atoms with van der Waals surface area (Å²) in [5.74, 6) is 0.575. The Labute approximate surface area is 117 Å². The van der Waals surface area contributed by atoms with Gasteiger partial charge in [-0.3, -0.25) is 4.68 Å². The highest BCUT2D eigenvalue weighted by Crippen LogP contribution is 2.24. The van der Waals surface area contributed by atoms with E-state index >= 15 is 0 Å². The molecule has 1 atom stereocenters. The second-order valence-corrected chi connectivity index (χ2v) is 5.47. The zero-order chi connectivity index (χ0) is 13.0. The summed E-state index contributed by atoms with van der Waals surface area (Å²) in [6.07, 6.45) is 6.29. The standard InChI is InChI=1S/C15H19BrN2/c1-12-3-6-14(7-4-12)15(9-16)8-5-13-10-17-18(2)11-13/h3-4,6-7,10-11,15H,5,8-9H2,1-2H3. The van der Waals surface area contributed by atoms with Gasteiger partial charge in [0.25, 0.3) is 0 Å². The van der Waals surface area contributed by atoms with E-state index in [4.69, 9.17) is 0 Å². The van der Waals surface area contributed by atoms with E-state index < -0.39 is 0 Å². The number of aryl methyl sites for hydroxylation is 3. The molecule has 2 rings (SSSR count). The van der Waals surface area contributed by atoms with Crippen molar-refractivity contribution < 1.29 is 0 Å². The van der Waals surface area contributed by atoms with E-state index in [0.29, 0.717) is 5.92 Å². The molecule has 2 nitrogen and oxygen atoms in total. The minimum absolute atomic E-state index is 0.575. The van der Waals surface area contributed by atoms with Gasteiger partial charge in [0.2, 0.25) is 0 Å². The van der Waals surface area contributed by atoms with Crippen LogP contribution in [-0.2, 0) is 13.5 Å². The minimum atomic E-state index is 0.575. The summed E-state index contributed by atoms with van der Waals surface area (Å²) in [6, 6.07) is 8.86. The molecule has 1 aromatic carbocycles. The lowest BCUT2D eigenvalue weighted by Gasteiger charge is -2.14. The monoisotopic (exact) mass is 306 g/mol. The summed E-state index contributed by atoms with van der Waals surface area (Å²) in [4.78, 5) is 0. The van der Waals surface area contributed by atoms with Crippen LogP contribution in [0.4, 0.5) is 0 Å². The third kappa shape index (κ3) is 3.45. The Balaban J connectivity index is 1.99. The first-order chi connectivity index (χ1) is 8.69. The van der Waals surface area contributed by atoms with Crippen molar-refractivity contribution in [1.82, 2.24) is 9.78 Å². The summed E-state index contributed by atoms with van der Waals surface area (Å²) < 4.78 is 1.87. The molecule has 0 saturated carbocycles. The summed E-state index contributed by atoms with van der Waals surface area (Å²) in [7, 11) is 1.96. The largest absolute Gasteiger partial charge is 0.276 e. The third-order valence-corrected chi connectivity index (χ3v) is 4.06. The van der Waals surface area contributed by atoms with Gasteiger partial charge in [-0.2, -0.15) is 5.10 Å². The van der Waals surface area contributed by atoms with E-state index in [-0.39, 0.29) is 0 Å². The second-order valence-electron chi connectivity index (χ2n) is 4.82. The molecule has 0 aliphatic rings. The van der Waals surface area contributed by atoms with Gasteiger partial charge in [0.15, 0.2) is 0 Å². The number of rotatable bonds is 5.